The fourth-order valence-electron chi connectivity index (χ4n) is 5.46. The van der Waals surface area contributed by atoms with Crippen LogP contribution >= 0.6 is 0 Å². The fraction of sp³-hybridized carbons (Fsp3) is 0.500. The van der Waals surface area contributed by atoms with E-state index < -0.39 is 5.54 Å². The summed E-state index contributed by atoms with van der Waals surface area (Å²) in [6.07, 6.45) is 1.40. The number of aryl methyl sites for hydroxylation is 3. The first-order valence-corrected chi connectivity index (χ1v) is 12.5. The zero-order valence-electron chi connectivity index (χ0n) is 21.5. The summed E-state index contributed by atoms with van der Waals surface area (Å²) < 4.78 is 5.31. The van der Waals surface area contributed by atoms with Crippen LogP contribution in [-0.4, -0.2) is 74.6 Å². The van der Waals surface area contributed by atoms with Crippen LogP contribution in [0.2, 0.25) is 0 Å². The maximum Gasteiger partial charge on any atom is 0.240 e. The molecule has 1 spiro atoms. The monoisotopic (exact) mass is 490 g/mol. The number of ether oxygens (including phenoxy) is 1. The summed E-state index contributed by atoms with van der Waals surface area (Å²) in [7, 11) is 3.53. The number of methoxy groups -OCH3 is 1. The molecule has 0 atom stereocenters. The van der Waals surface area contributed by atoms with Crippen LogP contribution in [0.5, 0.6) is 0 Å². The summed E-state index contributed by atoms with van der Waals surface area (Å²) >= 11 is 0. The standard InChI is InChI=1S/C26H34N8O2/c1-18-14-19(2)29-25(28-18)33-11-8-26(9-12-33)24(35)27-10-13-34(26)16-22-23(31-32(3)30-22)21-7-5-6-20(15-21)17-36-4/h5-7,14-15H,8-13,16-17H2,1-4H3,(H,27,35). The molecule has 36 heavy (non-hydrogen) atoms. The van der Waals surface area contributed by atoms with Gasteiger partial charge in [0.15, 0.2) is 0 Å². The van der Waals surface area contributed by atoms with Gasteiger partial charge in [0.1, 0.15) is 16.9 Å². The number of anilines is 1. The Morgan fingerprint density at radius 1 is 1.06 bits per heavy atom. The number of piperidine rings is 1. The molecule has 2 aromatic heterocycles. The van der Waals surface area contributed by atoms with Crippen molar-refractivity contribution in [3.05, 3.63) is 53.0 Å². The van der Waals surface area contributed by atoms with Gasteiger partial charge in [-0.1, -0.05) is 18.2 Å². The van der Waals surface area contributed by atoms with Crippen LogP contribution in [0.3, 0.4) is 0 Å². The molecule has 0 radical (unpaired) electrons. The molecule has 10 heteroatoms. The Kier molecular flexibility index (Phi) is 6.72. The summed E-state index contributed by atoms with van der Waals surface area (Å²) in [4.78, 5) is 28.7. The molecule has 190 valence electrons. The third-order valence-electron chi connectivity index (χ3n) is 7.17. The van der Waals surface area contributed by atoms with E-state index in [4.69, 9.17) is 9.84 Å². The van der Waals surface area contributed by atoms with Gasteiger partial charge in [-0.2, -0.15) is 15.0 Å². The Hall–Kier alpha value is -3.37. The predicted octanol–water partition coefficient (Wildman–Crippen LogP) is 2.01. The number of carbonyl (C=O) groups is 1. The van der Waals surface area contributed by atoms with Crippen molar-refractivity contribution in [2.45, 2.75) is 45.4 Å². The summed E-state index contributed by atoms with van der Waals surface area (Å²) in [5.74, 6) is 0.847. The molecule has 1 amide bonds. The van der Waals surface area contributed by atoms with Crippen LogP contribution < -0.4 is 10.2 Å². The highest BCUT2D eigenvalue weighted by atomic mass is 16.5. The van der Waals surface area contributed by atoms with Crippen LogP contribution in [0, 0.1) is 13.8 Å². The SMILES string of the molecule is COCc1cccc(-c2nn(C)nc2CN2CCNC(=O)C23CCN(c2nc(C)cc(C)n2)CC3)c1. The Morgan fingerprint density at radius 2 is 1.81 bits per heavy atom. The number of carbonyl (C=O) groups excluding carboxylic acids is 1. The summed E-state index contributed by atoms with van der Waals surface area (Å²) in [6.45, 7) is 7.92. The van der Waals surface area contributed by atoms with Crippen molar-refractivity contribution in [1.82, 2.24) is 35.2 Å². The second kappa shape index (κ2) is 9.94. The lowest BCUT2D eigenvalue weighted by molar-refractivity contribution is -0.140. The smallest absolute Gasteiger partial charge is 0.240 e. The highest BCUT2D eigenvalue weighted by Crippen LogP contribution is 2.34. The lowest BCUT2D eigenvalue weighted by Gasteiger charge is -2.49. The van der Waals surface area contributed by atoms with Crippen molar-refractivity contribution in [1.29, 1.82) is 0 Å². The fourth-order valence-corrected chi connectivity index (χ4v) is 5.46. The van der Waals surface area contributed by atoms with E-state index in [-0.39, 0.29) is 5.91 Å². The molecule has 2 fully saturated rings. The zero-order valence-corrected chi connectivity index (χ0v) is 21.5. The van der Waals surface area contributed by atoms with Gasteiger partial charge in [0, 0.05) is 63.8 Å². The molecule has 2 saturated heterocycles. The van der Waals surface area contributed by atoms with Gasteiger partial charge in [-0.15, -0.1) is 0 Å². The maximum absolute atomic E-state index is 13.3. The van der Waals surface area contributed by atoms with Crippen molar-refractivity contribution in [2.24, 2.45) is 7.05 Å². The minimum atomic E-state index is -0.583. The van der Waals surface area contributed by atoms with Gasteiger partial charge in [0.2, 0.25) is 11.9 Å². The molecule has 0 unspecified atom stereocenters. The van der Waals surface area contributed by atoms with Crippen molar-refractivity contribution in [2.75, 3.05) is 38.2 Å². The zero-order chi connectivity index (χ0) is 25.3. The third-order valence-corrected chi connectivity index (χ3v) is 7.17. The van der Waals surface area contributed by atoms with E-state index >= 15 is 0 Å². The highest BCUT2D eigenvalue weighted by Gasteiger charge is 2.48. The molecule has 0 aliphatic carbocycles. The normalized spacial score (nSPS) is 18.0. The molecule has 5 rings (SSSR count). The molecule has 2 aliphatic rings. The molecule has 10 nitrogen and oxygen atoms in total. The number of nitrogens with one attached hydrogen (secondary N) is 1. The Bertz CT molecular complexity index is 1230. The Labute approximate surface area is 211 Å². The van der Waals surface area contributed by atoms with Crippen molar-refractivity contribution >= 4 is 11.9 Å². The molecule has 1 aromatic carbocycles. The van der Waals surface area contributed by atoms with E-state index in [9.17, 15) is 4.79 Å². The number of piperazine rings is 1. The molecule has 1 N–H and O–H groups in total. The lowest BCUT2D eigenvalue weighted by Crippen LogP contribution is -2.67. The largest absolute Gasteiger partial charge is 0.380 e. The van der Waals surface area contributed by atoms with Crippen LogP contribution in [-0.2, 0) is 29.7 Å². The van der Waals surface area contributed by atoms with E-state index in [0.29, 0.717) is 32.5 Å². The number of aromatic nitrogens is 5. The Morgan fingerprint density at radius 3 is 2.53 bits per heavy atom. The topological polar surface area (TPSA) is 101 Å². The number of amides is 1. The van der Waals surface area contributed by atoms with Crippen molar-refractivity contribution in [3.63, 3.8) is 0 Å². The molecule has 0 bridgehead atoms. The molecule has 3 aromatic rings. The molecular formula is C26H34N8O2. The molecule has 2 aliphatic heterocycles. The van der Waals surface area contributed by atoms with Gasteiger partial charge >= 0.3 is 0 Å². The van der Waals surface area contributed by atoms with E-state index in [2.05, 4.69) is 36.2 Å². The predicted molar refractivity (Wildman–Crippen MR) is 136 cm³/mol. The van der Waals surface area contributed by atoms with E-state index in [1.54, 1.807) is 11.9 Å². The minimum absolute atomic E-state index is 0.0993. The molecular weight excluding hydrogens is 456 g/mol. The average Bonchev–Trinajstić information content (AvgIpc) is 3.22. The van der Waals surface area contributed by atoms with Gasteiger partial charge in [-0.3, -0.25) is 9.69 Å². The van der Waals surface area contributed by atoms with E-state index in [1.807, 2.05) is 45.2 Å². The quantitative estimate of drug-likeness (QED) is 0.560. The average molecular weight is 491 g/mol. The van der Waals surface area contributed by atoms with Crippen LogP contribution in [0.4, 0.5) is 5.95 Å². The van der Waals surface area contributed by atoms with Crippen LogP contribution in [0.15, 0.2) is 30.3 Å². The lowest BCUT2D eigenvalue weighted by atomic mass is 9.83. The first-order valence-electron chi connectivity index (χ1n) is 12.5. The van der Waals surface area contributed by atoms with Crippen LogP contribution in [0.25, 0.3) is 11.3 Å². The summed E-state index contributed by atoms with van der Waals surface area (Å²) in [6, 6.07) is 10.2. The van der Waals surface area contributed by atoms with Gasteiger partial charge in [-0.25, -0.2) is 9.97 Å². The Balaban J connectivity index is 1.39. The maximum atomic E-state index is 13.3. The van der Waals surface area contributed by atoms with Crippen LogP contribution in [0.1, 0.15) is 35.5 Å². The first-order chi connectivity index (χ1) is 17.4. The van der Waals surface area contributed by atoms with Gasteiger partial charge < -0.3 is 15.0 Å². The summed E-state index contributed by atoms with van der Waals surface area (Å²) in [5, 5.41) is 12.5. The second-order valence-corrected chi connectivity index (χ2v) is 9.76. The van der Waals surface area contributed by atoms with E-state index in [0.717, 1.165) is 59.5 Å². The van der Waals surface area contributed by atoms with Gasteiger partial charge in [-0.05, 0) is 44.4 Å². The number of nitrogens with zero attached hydrogens (tertiary/aromatic N) is 7. The number of hydrogen-bond acceptors (Lipinski definition) is 8. The minimum Gasteiger partial charge on any atom is -0.380 e. The second-order valence-electron chi connectivity index (χ2n) is 9.76. The third kappa shape index (κ3) is 4.70. The number of hydrogen-bond donors (Lipinski definition) is 1. The first kappa shape index (κ1) is 24.3. The van der Waals surface area contributed by atoms with E-state index in [1.165, 1.54) is 0 Å². The molecule has 4 heterocycles. The number of rotatable bonds is 6. The molecule has 0 saturated carbocycles. The van der Waals surface area contributed by atoms with Gasteiger partial charge in [0.05, 0.1) is 6.61 Å². The summed E-state index contributed by atoms with van der Waals surface area (Å²) in [5.41, 5.74) is 5.14. The van der Waals surface area contributed by atoms with Crippen molar-refractivity contribution < 1.29 is 9.53 Å². The highest BCUT2D eigenvalue weighted by molar-refractivity contribution is 5.87. The number of benzene rings is 1. The van der Waals surface area contributed by atoms with Crippen molar-refractivity contribution in [3.8, 4) is 11.3 Å². The van der Waals surface area contributed by atoms with Gasteiger partial charge in [0.25, 0.3) is 0 Å².